The van der Waals surface area contributed by atoms with Crippen molar-refractivity contribution in [3.63, 3.8) is 0 Å². The molecule has 0 atom stereocenters. The number of imide groups is 2. The number of nitrogens with zero attached hydrogens (tertiary/aromatic N) is 1. The fourth-order valence-electron chi connectivity index (χ4n) is 3.10. The number of benzene rings is 2. The van der Waals surface area contributed by atoms with Crippen LogP contribution in [0.3, 0.4) is 0 Å². The van der Waals surface area contributed by atoms with Crippen LogP contribution < -0.4 is 24.4 Å². The van der Waals surface area contributed by atoms with Gasteiger partial charge >= 0.3 is 6.03 Å². The Hall–Kier alpha value is -3.08. The molecule has 1 fully saturated rings. The number of urea groups is 1. The van der Waals surface area contributed by atoms with E-state index in [4.69, 9.17) is 14.2 Å². The van der Waals surface area contributed by atoms with Gasteiger partial charge in [-0.15, -0.1) is 0 Å². The summed E-state index contributed by atoms with van der Waals surface area (Å²) in [5, 5.41) is 2.22. The zero-order valence-corrected chi connectivity index (χ0v) is 20.1. The summed E-state index contributed by atoms with van der Waals surface area (Å²) in [6.45, 7) is 4.83. The van der Waals surface area contributed by atoms with E-state index in [0.29, 0.717) is 41.7 Å². The van der Waals surface area contributed by atoms with Gasteiger partial charge in [-0.3, -0.25) is 14.9 Å². The van der Waals surface area contributed by atoms with Crippen LogP contribution in [0.4, 0.5) is 10.5 Å². The summed E-state index contributed by atoms with van der Waals surface area (Å²) in [6, 6.07) is 9.17. The van der Waals surface area contributed by atoms with E-state index < -0.39 is 17.8 Å². The largest absolute Gasteiger partial charge is 0.494 e. The zero-order valence-electron chi connectivity index (χ0n) is 17.9. The molecule has 9 heteroatoms. The monoisotopic (exact) mass is 550 g/mol. The molecule has 168 valence electrons. The van der Waals surface area contributed by atoms with Crippen LogP contribution in [0.5, 0.6) is 17.2 Å². The lowest BCUT2D eigenvalue weighted by Gasteiger charge is -2.26. The van der Waals surface area contributed by atoms with E-state index >= 15 is 0 Å². The fraction of sp³-hybridized carbons (Fsp3) is 0.261. The highest BCUT2D eigenvalue weighted by molar-refractivity contribution is 14.1. The highest BCUT2D eigenvalue weighted by atomic mass is 127. The molecule has 0 bridgehead atoms. The number of hydrogen-bond acceptors (Lipinski definition) is 6. The maximum Gasteiger partial charge on any atom is 0.335 e. The van der Waals surface area contributed by atoms with E-state index in [1.54, 1.807) is 36.4 Å². The first-order chi connectivity index (χ1) is 15.4. The summed E-state index contributed by atoms with van der Waals surface area (Å²) in [6.07, 6.45) is 2.29. The van der Waals surface area contributed by atoms with E-state index in [0.717, 1.165) is 14.9 Å². The Morgan fingerprint density at radius 1 is 1.06 bits per heavy atom. The number of hydrogen-bond donors (Lipinski definition) is 1. The normalized spacial score (nSPS) is 15.1. The van der Waals surface area contributed by atoms with Crippen LogP contribution in [0.1, 0.15) is 25.8 Å². The number of carbonyl (C=O) groups is 3. The molecule has 32 heavy (non-hydrogen) atoms. The predicted molar refractivity (Wildman–Crippen MR) is 128 cm³/mol. The van der Waals surface area contributed by atoms with Crippen molar-refractivity contribution in [1.82, 2.24) is 5.32 Å². The van der Waals surface area contributed by atoms with Gasteiger partial charge in [-0.25, -0.2) is 9.69 Å². The van der Waals surface area contributed by atoms with Gasteiger partial charge in [0.25, 0.3) is 11.8 Å². The maximum absolute atomic E-state index is 13.1. The van der Waals surface area contributed by atoms with Gasteiger partial charge in [0.2, 0.25) is 0 Å². The molecule has 2 aromatic rings. The van der Waals surface area contributed by atoms with Crippen molar-refractivity contribution in [2.45, 2.75) is 20.3 Å². The Morgan fingerprint density at radius 3 is 2.41 bits per heavy atom. The van der Waals surface area contributed by atoms with Gasteiger partial charge in [-0.1, -0.05) is 6.92 Å². The molecule has 8 nitrogen and oxygen atoms in total. The van der Waals surface area contributed by atoms with E-state index in [-0.39, 0.29) is 5.57 Å². The van der Waals surface area contributed by atoms with Crippen LogP contribution in [0.15, 0.2) is 42.0 Å². The Balaban J connectivity index is 1.95. The molecule has 1 aliphatic heterocycles. The third-order valence-electron chi connectivity index (χ3n) is 4.52. The predicted octanol–water partition coefficient (Wildman–Crippen LogP) is 4.15. The molecule has 0 aliphatic carbocycles. The number of barbiturate groups is 1. The topological polar surface area (TPSA) is 94.2 Å². The summed E-state index contributed by atoms with van der Waals surface area (Å²) in [7, 11) is 1.54. The number of amides is 4. The lowest BCUT2D eigenvalue weighted by molar-refractivity contribution is -0.122. The molecular formula is C23H23IN2O6. The van der Waals surface area contributed by atoms with Gasteiger partial charge in [-0.2, -0.15) is 0 Å². The van der Waals surface area contributed by atoms with Crippen molar-refractivity contribution in [3.8, 4) is 17.2 Å². The first kappa shape index (κ1) is 23.6. The quantitative estimate of drug-likeness (QED) is 0.302. The van der Waals surface area contributed by atoms with E-state index in [1.165, 1.54) is 13.2 Å². The molecule has 0 unspecified atom stereocenters. The molecule has 1 saturated heterocycles. The molecule has 3 rings (SSSR count). The Bertz CT molecular complexity index is 1060. The minimum absolute atomic E-state index is 0.167. The minimum Gasteiger partial charge on any atom is -0.494 e. The molecule has 0 aromatic heterocycles. The number of ether oxygens (including phenoxy) is 3. The van der Waals surface area contributed by atoms with Crippen molar-refractivity contribution >= 4 is 52.2 Å². The summed E-state index contributed by atoms with van der Waals surface area (Å²) >= 11 is 2.09. The van der Waals surface area contributed by atoms with Crippen LogP contribution in [-0.4, -0.2) is 38.2 Å². The van der Waals surface area contributed by atoms with Crippen molar-refractivity contribution in [2.24, 2.45) is 0 Å². The summed E-state index contributed by atoms with van der Waals surface area (Å²) in [4.78, 5) is 38.9. The third kappa shape index (κ3) is 5.04. The Morgan fingerprint density at radius 2 is 1.78 bits per heavy atom. The van der Waals surface area contributed by atoms with Gasteiger partial charge in [0.1, 0.15) is 11.3 Å². The molecule has 0 saturated carbocycles. The van der Waals surface area contributed by atoms with Crippen LogP contribution in [0.25, 0.3) is 6.08 Å². The smallest absolute Gasteiger partial charge is 0.335 e. The standard InChI is InChI=1S/C23H23IN2O6/c1-4-10-32-16-8-6-15(7-9-16)26-22(28)17(21(27)25-23(26)29)11-14-12-18(24)20(30-3)19(13-14)31-5-2/h6-9,11-13H,4-5,10H2,1-3H3,(H,25,27,29)/b17-11-. The highest BCUT2D eigenvalue weighted by Crippen LogP contribution is 2.35. The molecular weight excluding hydrogens is 527 g/mol. The number of nitrogens with one attached hydrogen (secondary N) is 1. The van der Waals surface area contributed by atoms with E-state index in [1.807, 2.05) is 13.8 Å². The Labute approximate surface area is 199 Å². The van der Waals surface area contributed by atoms with Gasteiger partial charge in [0.15, 0.2) is 11.5 Å². The number of anilines is 1. The average Bonchev–Trinajstić information content (AvgIpc) is 2.76. The summed E-state index contributed by atoms with van der Waals surface area (Å²) < 4.78 is 17.3. The second-order valence-corrected chi connectivity index (χ2v) is 7.93. The maximum atomic E-state index is 13.1. The van der Waals surface area contributed by atoms with Crippen LogP contribution in [0, 0.1) is 3.57 Å². The molecule has 0 radical (unpaired) electrons. The van der Waals surface area contributed by atoms with Crippen molar-refractivity contribution in [2.75, 3.05) is 25.2 Å². The van der Waals surface area contributed by atoms with Gasteiger partial charge in [-0.05, 0) is 84.0 Å². The second kappa shape index (κ2) is 10.5. The van der Waals surface area contributed by atoms with Crippen LogP contribution in [0.2, 0.25) is 0 Å². The number of rotatable bonds is 8. The lowest BCUT2D eigenvalue weighted by atomic mass is 10.1. The molecule has 0 spiro atoms. The fourth-order valence-corrected chi connectivity index (χ4v) is 3.95. The lowest BCUT2D eigenvalue weighted by Crippen LogP contribution is -2.54. The average molecular weight is 550 g/mol. The number of halogens is 1. The Kier molecular flexibility index (Phi) is 7.73. The van der Waals surface area contributed by atoms with Gasteiger partial charge in [0.05, 0.1) is 29.6 Å². The molecule has 1 aliphatic rings. The molecule has 2 aromatic carbocycles. The minimum atomic E-state index is -0.807. The third-order valence-corrected chi connectivity index (χ3v) is 5.32. The van der Waals surface area contributed by atoms with Gasteiger partial charge in [0, 0.05) is 0 Å². The first-order valence-electron chi connectivity index (χ1n) is 10.0. The van der Waals surface area contributed by atoms with Crippen molar-refractivity contribution < 1.29 is 28.6 Å². The second-order valence-electron chi connectivity index (χ2n) is 6.77. The number of methoxy groups -OCH3 is 1. The van der Waals surface area contributed by atoms with Crippen molar-refractivity contribution in [3.05, 3.63) is 51.1 Å². The van der Waals surface area contributed by atoms with Gasteiger partial charge < -0.3 is 14.2 Å². The SMILES string of the molecule is CCCOc1ccc(N2C(=O)NC(=O)/C(=C/c3cc(I)c(OC)c(OCC)c3)C2=O)cc1. The number of carbonyl (C=O) groups excluding carboxylic acids is 3. The summed E-state index contributed by atoms with van der Waals surface area (Å²) in [5.41, 5.74) is 0.725. The first-order valence-corrected chi connectivity index (χ1v) is 11.1. The molecule has 1 heterocycles. The zero-order chi connectivity index (χ0) is 23.3. The van der Waals surface area contributed by atoms with Crippen LogP contribution in [-0.2, 0) is 9.59 Å². The van der Waals surface area contributed by atoms with E-state index in [9.17, 15) is 14.4 Å². The molecule has 1 N–H and O–H groups in total. The highest BCUT2D eigenvalue weighted by Gasteiger charge is 2.36. The molecule has 4 amide bonds. The van der Waals surface area contributed by atoms with E-state index in [2.05, 4.69) is 27.9 Å². The summed E-state index contributed by atoms with van der Waals surface area (Å²) in [5.74, 6) is 0.209. The van der Waals surface area contributed by atoms with Crippen molar-refractivity contribution in [1.29, 1.82) is 0 Å². The van der Waals surface area contributed by atoms with Crippen LogP contribution >= 0.6 is 22.6 Å².